The molecule has 1 N–H and O–H groups in total. The van der Waals surface area contributed by atoms with E-state index in [1.54, 1.807) is 0 Å². The molecule has 0 aromatic carbocycles. The first-order chi connectivity index (χ1) is 9.81. The van der Waals surface area contributed by atoms with Crippen LogP contribution in [0, 0.1) is 0 Å². The van der Waals surface area contributed by atoms with Gasteiger partial charge in [0.2, 0.25) is 0 Å². The molecule has 0 amide bonds. The highest BCUT2D eigenvalue weighted by Gasteiger charge is 2.43. The molecule has 2 rings (SSSR count). The summed E-state index contributed by atoms with van der Waals surface area (Å²) < 4.78 is 50.4. The molecule has 0 bridgehead atoms. The molecule has 1 saturated heterocycles. The summed E-state index contributed by atoms with van der Waals surface area (Å²) in [4.78, 5) is 3.44. The Morgan fingerprint density at radius 1 is 0.952 bits per heavy atom. The predicted octanol–water partition coefficient (Wildman–Crippen LogP) is 2.20. The zero-order chi connectivity index (χ0) is 15.5. The van der Waals surface area contributed by atoms with Crippen molar-refractivity contribution in [2.45, 2.75) is 50.1 Å². The third kappa shape index (κ3) is 4.79. The Kier molecular flexibility index (Phi) is 5.48. The van der Waals surface area contributed by atoms with E-state index in [-0.39, 0.29) is 0 Å². The Hall–Kier alpha value is -0.400. The molecule has 21 heavy (non-hydrogen) atoms. The van der Waals surface area contributed by atoms with Crippen molar-refractivity contribution in [3.05, 3.63) is 0 Å². The number of piperazine rings is 1. The van der Waals surface area contributed by atoms with Gasteiger partial charge in [-0.25, -0.2) is 8.78 Å². The molecule has 0 aromatic rings. The van der Waals surface area contributed by atoms with E-state index in [9.17, 15) is 22.7 Å². The quantitative estimate of drug-likeness (QED) is 0.789. The van der Waals surface area contributed by atoms with E-state index in [0.717, 1.165) is 32.1 Å². The highest BCUT2D eigenvalue weighted by atomic mass is 19.3. The van der Waals surface area contributed by atoms with Crippen molar-refractivity contribution in [1.29, 1.82) is 0 Å². The van der Waals surface area contributed by atoms with E-state index in [1.807, 2.05) is 0 Å². The lowest BCUT2D eigenvalue weighted by Gasteiger charge is -2.41. The van der Waals surface area contributed by atoms with Gasteiger partial charge in [-0.1, -0.05) is 19.3 Å². The topological polar surface area (TPSA) is 26.7 Å². The minimum absolute atomic E-state index is 0.346. The van der Waals surface area contributed by atoms with Crippen molar-refractivity contribution in [1.82, 2.24) is 9.80 Å². The second-order valence-electron chi connectivity index (χ2n) is 6.40. The SMILES string of the molecule is OC1(CN2CCN(CC(F)(F)C(F)F)CC2)CCCCC1. The van der Waals surface area contributed by atoms with Crippen LogP contribution in [0.1, 0.15) is 32.1 Å². The minimum atomic E-state index is -3.94. The number of hydrogen-bond acceptors (Lipinski definition) is 3. The average molecular weight is 312 g/mol. The Labute approximate surface area is 122 Å². The van der Waals surface area contributed by atoms with Crippen LogP contribution in [0.25, 0.3) is 0 Å². The van der Waals surface area contributed by atoms with Crippen molar-refractivity contribution < 1.29 is 22.7 Å². The molecule has 1 saturated carbocycles. The van der Waals surface area contributed by atoms with Gasteiger partial charge in [-0.3, -0.25) is 9.80 Å². The van der Waals surface area contributed by atoms with Gasteiger partial charge in [0.05, 0.1) is 12.1 Å². The average Bonchev–Trinajstić information content (AvgIpc) is 2.41. The van der Waals surface area contributed by atoms with Crippen LogP contribution in [0.2, 0.25) is 0 Å². The predicted molar refractivity (Wildman–Crippen MR) is 71.9 cm³/mol. The van der Waals surface area contributed by atoms with E-state index in [2.05, 4.69) is 4.90 Å². The second-order valence-corrected chi connectivity index (χ2v) is 6.40. The van der Waals surface area contributed by atoms with Crippen LogP contribution >= 0.6 is 0 Å². The molecular weight excluding hydrogens is 288 g/mol. The first-order valence-electron chi connectivity index (χ1n) is 7.64. The van der Waals surface area contributed by atoms with E-state index >= 15 is 0 Å². The monoisotopic (exact) mass is 312 g/mol. The maximum atomic E-state index is 13.0. The van der Waals surface area contributed by atoms with E-state index < -0.39 is 24.5 Å². The summed E-state index contributed by atoms with van der Waals surface area (Å²) in [5.74, 6) is -3.94. The minimum Gasteiger partial charge on any atom is -0.389 e. The fourth-order valence-corrected chi connectivity index (χ4v) is 3.26. The number of aliphatic hydroxyl groups is 1. The van der Waals surface area contributed by atoms with Crippen LogP contribution in [0.3, 0.4) is 0 Å². The highest BCUT2D eigenvalue weighted by molar-refractivity contribution is 4.88. The normalized spacial score (nSPS) is 25.4. The van der Waals surface area contributed by atoms with Gasteiger partial charge >= 0.3 is 12.3 Å². The van der Waals surface area contributed by atoms with E-state index in [4.69, 9.17) is 0 Å². The third-order valence-electron chi connectivity index (χ3n) is 4.52. The molecule has 7 heteroatoms. The van der Waals surface area contributed by atoms with Gasteiger partial charge in [0.15, 0.2) is 0 Å². The fourth-order valence-electron chi connectivity index (χ4n) is 3.26. The Morgan fingerprint density at radius 3 is 2.00 bits per heavy atom. The van der Waals surface area contributed by atoms with Crippen molar-refractivity contribution in [2.75, 3.05) is 39.3 Å². The number of β-amino-alcohol motifs (C(OH)–C–C–N with tert-alkyl or cyclic N) is 1. The molecule has 1 aliphatic carbocycles. The zero-order valence-corrected chi connectivity index (χ0v) is 12.2. The summed E-state index contributed by atoms with van der Waals surface area (Å²) in [5, 5.41) is 10.5. The highest BCUT2D eigenvalue weighted by Crippen LogP contribution is 2.29. The summed E-state index contributed by atoms with van der Waals surface area (Å²) >= 11 is 0. The lowest BCUT2D eigenvalue weighted by molar-refractivity contribution is -0.146. The van der Waals surface area contributed by atoms with Crippen LogP contribution in [0.4, 0.5) is 17.6 Å². The number of rotatable bonds is 5. The van der Waals surface area contributed by atoms with Crippen molar-refractivity contribution in [3.8, 4) is 0 Å². The molecule has 124 valence electrons. The first kappa shape index (κ1) is 17.0. The van der Waals surface area contributed by atoms with Gasteiger partial charge in [-0.2, -0.15) is 8.78 Å². The van der Waals surface area contributed by atoms with Crippen molar-refractivity contribution in [2.24, 2.45) is 0 Å². The Morgan fingerprint density at radius 2 is 1.48 bits per heavy atom. The summed E-state index contributed by atoms with van der Waals surface area (Å²) in [6.45, 7) is 1.45. The molecule has 2 aliphatic rings. The van der Waals surface area contributed by atoms with Crippen LogP contribution in [0.15, 0.2) is 0 Å². The maximum Gasteiger partial charge on any atom is 0.319 e. The molecule has 1 aliphatic heterocycles. The number of alkyl halides is 4. The molecule has 0 aromatic heterocycles. The number of halogens is 4. The second kappa shape index (κ2) is 6.79. The molecule has 0 spiro atoms. The first-order valence-corrected chi connectivity index (χ1v) is 7.64. The Balaban J connectivity index is 1.75. The van der Waals surface area contributed by atoms with E-state index in [1.165, 1.54) is 4.90 Å². The lowest BCUT2D eigenvalue weighted by atomic mass is 9.84. The van der Waals surface area contributed by atoms with Crippen LogP contribution < -0.4 is 0 Å². The Bertz CT molecular complexity index is 327. The third-order valence-corrected chi connectivity index (χ3v) is 4.52. The van der Waals surface area contributed by atoms with Crippen LogP contribution in [0.5, 0.6) is 0 Å². The summed E-state index contributed by atoms with van der Waals surface area (Å²) in [5.41, 5.74) is -0.659. The van der Waals surface area contributed by atoms with E-state index in [0.29, 0.717) is 32.7 Å². The zero-order valence-electron chi connectivity index (χ0n) is 12.2. The number of hydrogen-bond donors (Lipinski definition) is 1. The number of nitrogens with zero attached hydrogens (tertiary/aromatic N) is 2. The fraction of sp³-hybridized carbons (Fsp3) is 1.00. The summed E-state index contributed by atoms with van der Waals surface area (Å²) in [7, 11) is 0. The molecule has 1 heterocycles. The smallest absolute Gasteiger partial charge is 0.319 e. The van der Waals surface area contributed by atoms with Crippen molar-refractivity contribution >= 4 is 0 Å². The lowest BCUT2D eigenvalue weighted by Crippen LogP contribution is -2.54. The van der Waals surface area contributed by atoms with Gasteiger partial charge in [-0.15, -0.1) is 0 Å². The molecule has 2 fully saturated rings. The van der Waals surface area contributed by atoms with Gasteiger partial charge in [-0.05, 0) is 12.8 Å². The molecule has 0 atom stereocenters. The van der Waals surface area contributed by atoms with Crippen molar-refractivity contribution in [3.63, 3.8) is 0 Å². The van der Waals surface area contributed by atoms with Crippen LogP contribution in [-0.2, 0) is 0 Å². The summed E-state index contributed by atoms with van der Waals surface area (Å²) in [6.07, 6.45) is 1.17. The summed E-state index contributed by atoms with van der Waals surface area (Å²) in [6, 6.07) is 0. The molecular formula is C14H24F4N2O. The van der Waals surface area contributed by atoms with Gasteiger partial charge in [0.1, 0.15) is 0 Å². The molecule has 3 nitrogen and oxygen atoms in total. The molecule has 0 unspecified atom stereocenters. The standard InChI is InChI=1S/C14H24F4N2O/c15-12(16)14(17,18)11-20-8-6-19(7-9-20)10-13(21)4-2-1-3-5-13/h12,21H,1-11H2. The van der Waals surface area contributed by atoms with Gasteiger partial charge in [0, 0.05) is 32.7 Å². The van der Waals surface area contributed by atoms with Gasteiger partial charge < -0.3 is 5.11 Å². The van der Waals surface area contributed by atoms with Gasteiger partial charge in [0.25, 0.3) is 0 Å². The molecule has 0 radical (unpaired) electrons. The largest absolute Gasteiger partial charge is 0.389 e. The maximum absolute atomic E-state index is 13.0. The van der Waals surface area contributed by atoms with Crippen LogP contribution in [-0.4, -0.2) is 72.1 Å².